The van der Waals surface area contributed by atoms with E-state index < -0.39 is 0 Å². The van der Waals surface area contributed by atoms with E-state index in [1.807, 2.05) is 6.92 Å². The van der Waals surface area contributed by atoms with Crippen LogP contribution in [0.2, 0.25) is 0 Å². The number of aromatic nitrogens is 1. The molecule has 1 atom stereocenters. The summed E-state index contributed by atoms with van der Waals surface area (Å²) in [7, 11) is 1.70. The molecule has 1 aliphatic rings. The number of pyridine rings is 1. The molecular weight excluding hydrogens is 200 g/mol. The molecule has 0 radical (unpaired) electrons. The normalized spacial score (nSPS) is 19.9. The molecule has 1 aromatic rings. The molecule has 3 nitrogen and oxygen atoms in total. The molecule has 2 rings (SSSR count). The summed E-state index contributed by atoms with van der Waals surface area (Å²) in [5, 5.41) is 0. The van der Waals surface area contributed by atoms with E-state index in [1.165, 1.54) is 0 Å². The molecule has 0 fully saturated rings. The highest BCUT2D eigenvalue weighted by atomic mass is 16.5. The van der Waals surface area contributed by atoms with E-state index in [0.717, 1.165) is 35.6 Å². The number of aliphatic imine (C=N–C) groups is 1. The molecule has 0 spiro atoms. The van der Waals surface area contributed by atoms with E-state index in [4.69, 9.17) is 4.74 Å². The SMILES string of the molecule is COCc1ccc(C2=NCCC2C)nc1C. The van der Waals surface area contributed by atoms with E-state index >= 15 is 0 Å². The number of nitrogens with zero attached hydrogens (tertiary/aromatic N) is 2. The van der Waals surface area contributed by atoms with Crippen molar-refractivity contribution in [2.24, 2.45) is 10.9 Å². The molecule has 1 aliphatic heterocycles. The lowest BCUT2D eigenvalue weighted by Crippen LogP contribution is -2.11. The molecule has 0 aliphatic carbocycles. The van der Waals surface area contributed by atoms with Crippen molar-refractivity contribution in [1.29, 1.82) is 0 Å². The van der Waals surface area contributed by atoms with E-state index in [-0.39, 0.29) is 0 Å². The van der Waals surface area contributed by atoms with Gasteiger partial charge in [-0.3, -0.25) is 9.98 Å². The van der Waals surface area contributed by atoms with Gasteiger partial charge in [0, 0.05) is 25.3 Å². The third kappa shape index (κ3) is 2.14. The second kappa shape index (κ2) is 4.74. The van der Waals surface area contributed by atoms with E-state index in [1.54, 1.807) is 7.11 Å². The van der Waals surface area contributed by atoms with Crippen molar-refractivity contribution in [3.8, 4) is 0 Å². The van der Waals surface area contributed by atoms with Crippen molar-refractivity contribution in [1.82, 2.24) is 4.98 Å². The Labute approximate surface area is 96.6 Å². The molecule has 0 bridgehead atoms. The van der Waals surface area contributed by atoms with Gasteiger partial charge in [-0.2, -0.15) is 0 Å². The van der Waals surface area contributed by atoms with Gasteiger partial charge in [-0.1, -0.05) is 13.0 Å². The largest absolute Gasteiger partial charge is 0.380 e. The molecule has 0 saturated carbocycles. The van der Waals surface area contributed by atoms with Crippen LogP contribution in [0.1, 0.15) is 30.3 Å². The Balaban J connectivity index is 2.27. The molecule has 0 N–H and O–H groups in total. The molecule has 16 heavy (non-hydrogen) atoms. The van der Waals surface area contributed by atoms with Gasteiger partial charge in [0.1, 0.15) is 0 Å². The Kier molecular flexibility index (Phi) is 3.34. The lowest BCUT2D eigenvalue weighted by molar-refractivity contribution is 0.184. The molecule has 0 aromatic carbocycles. The maximum atomic E-state index is 5.12. The highest BCUT2D eigenvalue weighted by molar-refractivity contribution is 6.01. The van der Waals surface area contributed by atoms with Gasteiger partial charge in [0.25, 0.3) is 0 Å². The number of ether oxygens (including phenoxy) is 1. The third-order valence-electron chi connectivity index (χ3n) is 3.07. The fraction of sp³-hybridized carbons (Fsp3) is 0.538. The number of hydrogen-bond acceptors (Lipinski definition) is 3. The first-order valence-electron chi connectivity index (χ1n) is 5.72. The van der Waals surface area contributed by atoms with Gasteiger partial charge in [-0.15, -0.1) is 0 Å². The van der Waals surface area contributed by atoms with Crippen LogP contribution >= 0.6 is 0 Å². The zero-order chi connectivity index (χ0) is 11.5. The average molecular weight is 218 g/mol. The highest BCUT2D eigenvalue weighted by Crippen LogP contribution is 2.19. The number of methoxy groups -OCH3 is 1. The maximum absolute atomic E-state index is 5.12. The number of hydrogen-bond donors (Lipinski definition) is 0. The smallest absolute Gasteiger partial charge is 0.0846 e. The molecule has 3 heteroatoms. The van der Waals surface area contributed by atoms with Crippen molar-refractivity contribution in [3.05, 3.63) is 29.1 Å². The standard InChI is InChI=1S/C13H18N2O/c1-9-6-7-14-13(9)12-5-4-11(8-16-3)10(2)15-12/h4-5,9H,6-8H2,1-3H3. The Morgan fingerprint density at radius 1 is 1.44 bits per heavy atom. The summed E-state index contributed by atoms with van der Waals surface area (Å²) in [6, 6.07) is 4.15. The van der Waals surface area contributed by atoms with Crippen LogP contribution in [-0.4, -0.2) is 24.4 Å². The van der Waals surface area contributed by atoms with E-state index in [2.05, 4.69) is 29.0 Å². The number of rotatable bonds is 3. The van der Waals surface area contributed by atoms with Crippen LogP contribution in [0.5, 0.6) is 0 Å². The molecule has 1 aromatic heterocycles. The average Bonchev–Trinajstić information content (AvgIpc) is 2.68. The van der Waals surface area contributed by atoms with Crippen LogP contribution in [0.4, 0.5) is 0 Å². The lowest BCUT2D eigenvalue weighted by Gasteiger charge is -2.09. The lowest BCUT2D eigenvalue weighted by atomic mass is 10.0. The van der Waals surface area contributed by atoms with Crippen molar-refractivity contribution >= 4 is 5.71 Å². The summed E-state index contributed by atoms with van der Waals surface area (Å²) in [5.74, 6) is 0.542. The topological polar surface area (TPSA) is 34.5 Å². The van der Waals surface area contributed by atoms with Gasteiger partial charge in [0.05, 0.1) is 18.0 Å². The Morgan fingerprint density at radius 3 is 2.81 bits per heavy atom. The summed E-state index contributed by atoms with van der Waals surface area (Å²) in [4.78, 5) is 9.14. The van der Waals surface area contributed by atoms with Crippen molar-refractivity contribution < 1.29 is 4.74 Å². The molecule has 0 saturated heterocycles. The predicted molar refractivity (Wildman–Crippen MR) is 64.9 cm³/mol. The first kappa shape index (κ1) is 11.3. The molecule has 86 valence electrons. The zero-order valence-electron chi connectivity index (χ0n) is 10.2. The maximum Gasteiger partial charge on any atom is 0.0846 e. The summed E-state index contributed by atoms with van der Waals surface area (Å²) >= 11 is 0. The summed E-state index contributed by atoms with van der Waals surface area (Å²) in [5.41, 5.74) is 4.38. The van der Waals surface area contributed by atoms with Crippen LogP contribution in [0.3, 0.4) is 0 Å². The summed E-state index contributed by atoms with van der Waals surface area (Å²) in [6.45, 7) is 5.81. The van der Waals surface area contributed by atoms with Crippen LogP contribution in [-0.2, 0) is 11.3 Å². The second-order valence-corrected chi connectivity index (χ2v) is 4.33. The van der Waals surface area contributed by atoms with E-state index in [9.17, 15) is 0 Å². The Bertz CT molecular complexity index is 412. The molecule has 2 heterocycles. The van der Waals surface area contributed by atoms with Gasteiger partial charge in [-0.25, -0.2) is 0 Å². The van der Waals surface area contributed by atoms with Crippen LogP contribution in [0.15, 0.2) is 17.1 Å². The van der Waals surface area contributed by atoms with Crippen molar-refractivity contribution in [2.75, 3.05) is 13.7 Å². The monoisotopic (exact) mass is 218 g/mol. The second-order valence-electron chi connectivity index (χ2n) is 4.33. The first-order chi connectivity index (χ1) is 7.72. The Morgan fingerprint density at radius 2 is 2.25 bits per heavy atom. The fourth-order valence-electron chi connectivity index (χ4n) is 2.05. The minimum atomic E-state index is 0.542. The third-order valence-corrected chi connectivity index (χ3v) is 3.07. The minimum absolute atomic E-state index is 0.542. The number of aryl methyl sites for hydroxylation is 1. The fourth-order valence-corrected chi connectivity index (χ4v) is 2.05. The summed E-state index contributed by atoms with van der Waals surface area (Å²) < 4.78 is 5.12. The molecular formula is C13H18N2O. The van der Waals surface area contributed by atoms with Gasteiger partial charge in [-0.05, 0) is 25.0 Å². The van der Waals surface area contributed by atoms with E-state index in [0.29, 0.717) is 12.5 Å². The molecule has 0 amide bonds. The van der Waals surface area contributed by atoms with Crippen LogP contribution in [0.25, 0.3) is 0 Å². The van der Waals surface area contributed by atoms with Gasteiger partial charge in [0.2, 0.25) is 0 Å². The van der Waals surface area contributed by atoms with Crippen molar-refractivity contribution in [3.63, 3.8) is 0 Å². The van der Waals surface area contributed by atoms with Gasteiger partial charge < -0.3 is 4.74 Å². The molecule has 1 unspecified atom stereocenters. The quantitative estimate of drug-likeness (QED) is 0.780. The first-order valence-corrected chi connectivity index (χ1v) is 5.72. The van der Waals surface area contributed by atoms with Gasteiger partial charge in [0.15, 0.2) is 0 Å². The predicted octanol–water partition coefficient (Wildman–Crippen LogP) is 2.37. The van der Waals surface area contributed by atoms with Crippen molar-refractivity contribution in [2.45, 2.75) is 26.9 Å². The van der Waals surface area contributed by atoms with Crippen LogP contribution < -0.4 is 0 Å². The Hall–Kier alpha value is -1.22. The highest BCUT2D eigenvalue weighted by Gasteiger charge is 2.19. The minimum Gasteiger partial charge on any atom is -0.380 e. The van der Waals surface area contributed by atoms with Crippen LogP contribution in [0, 0.1) is 12.8 Å². The van der Waals surface area contributed by atoms with Gasteiger partial charge >= 0.3 is 0 Å². The summed E-state index contributed by atoms with van der Waals surface area (Å²) in [6.07, 6.45) is 1.15. The zero-order valence-corrected chi connectivity index (χ0v) is 10.2.